The molecule has 1 saturated heterocycles. The summed E-state index contributed by atoms with van der Waals surface area (Å²) in [5.74, 6) is -1.52. The van der Waals surface area contributed by atoms with Crippen molar-refractivity contribution in [2.45, 2.75) is 13.3 Å². The zero-order valence-electron chi connectivity index (χ0n) is 11.0. The number of anilines is 1. The first-order chi connectivity index (χ1) is 9.45. The van der Waals surface area contributed by atoms with Gasteiger partial charge >= 0.3 is 11.7 Å². The first-order valence-corrected chi connectivity index (χ1v) is 5.94. The Morgan fingerprint density at radius 1 is 1.60 bits per heavy atom. The SMILES string of the molecule is COC(=O)C1CC(=O)N(c2nccc(C)c2[N+](=O)[O-])C1. The van der Waals surface area contributed by atoms with Crippen molar-refractivity contribution in [1.82, 2.24) is 4.98 Å². The minimum absolute atomic E-state index is 0.0218. The van der Waals surface area contributed by atoms with E-state index >= 15 is 0 Å². The average Bonchev–Trinajstić information content (AvgIpc) is 2.79. The van der Waals surface area contributed by atoms with Gasteiger partial charge in [-0.15, -0.1) is 0 Å². The van der Waals surface area contributed by atoms with Crippen molar-refractivity contribution in [3.63, 3.8) is 0 Å². The van der Waals surface area contributed by atoms with E-state index in [0.29, 0.717) is 5.56 Å². The summed E-state index contributed by atoms with van der Waals surface area (Å²) in [5, 5.41) is 11.1. The largest absolute Gasteiger partial charge is 0.469 e. The Morgan fingerprint density at radius 3 is 2.90 bits per heavy atom. The first kappa shape index (κ1) is 13.9. The van der Waals surface area contributed by atoms with Gasteiger partial charge in [-0.2, -0.15) is 0 Å². The van der Waals surface area contributed by atoms with E-state index in [9.17, 15) is 19.7 Å². The summed E-state index contributed by atoms with van der Waals surface area (Å²) < 4.78 is 4.60. The molecular weight excluding hydrogens is 266 g/mol. The van der Waals surface area contributed by atoms with Gasteiger partial charge in [0, 0.05) is 24.7 Å². The molecule has 1 aliphatic rings. The summed E-state index contributed by atoms with van der Waals surface area (Å²) in [6.07, 6.45) is 1.37. The lowest BCUT2D eigenvalue weighted by Gasteiger charge is -2.15. The van der Waals surface area contributed by atoms with E-state index in [2.05, 4.69) is 9.72 Å². The summed E-state index contributed by atoms with van der Waals surface area (Å²) in [4.78, 5) is 39.1. The van der Waals surface area contributed by atoms with Crippen LogP contribution in [0.4, 0.5) is 11.5 Å². The molecule has 0 radical (unpaired) electrons. The normalized spacial score (nSPS) is 18.2. The molecule has 106 valence electrons. The van der Waals surface area contributed by atoms with Crippen molar-refractivity contribution in [3.05, 3.63) is 27.9 Å². The van der Waals surface area contributed by atoms with Crippen molar-refractivity contribution in [1.29, 1.82) is 0 Å². The highest BCUT2D eigenvalue weighted by Gasteiger charge is 2.39. The van der Waals surface area contributed by atoms with Gasteiger partial charge in [0.2, 0.25) is 11.7 Å². The number of aromatic nitrogens is 1. The van der Waals surface area contributed by atoms with E-state index < -0.39 is 16.8 Å². The Morgan fingerprint density at radius 2 is 2.30 bits per heavy atom. The second-order valence-electron chi connectivity index (χ2n) is 4.49. The van der Waals surface area contributed by atoms with E-state index in [4.69, 9.17) is 0 Å². The molecule has 1 fully saturated rings. The van der Waals surface area contributed by atoms with Gasteiger partial charge in [0.05, 0.1) is 18.0 Å². The molecule has 1 aromatic heterocycles. The number of amides is 1. The van der Waals surface area contributed by atoms with E-state index in [1.165, 1.54) is 24.3 Å². The standard InChI is InChI=1S/C12H13N3O5/c1-7-3-4-13-11(10(7)15(18)19)14-6-8(5-9(14)16)12(17)20-2/h3-4,8H,5-6H2,1-2H3. The van der Waals surface area contributed by atoms with Crippen LogP contribution < -0.4 is 4.90 Å². The number of ether oxygens (including phenoxy) is 1. The Hall–Kier alpha value is -2.51. The molecule has 1 aromatic rings. The van der Waals surface area contributed by atoms with Crippen LogP contribution in [0.5, 0.6) is 0 Å². The van der Waals surface area contributed by atoms with Gasteiger partial charge in [-0.05, 0) is 13.0 Å². The van der Waals surface area contributed by atoms with E-state index in [0.717, 1.165) is 0 Å². The fraction of sp³-hybridized carbons (Fsp3) is 0.417. The number of pyridine rings is 1. The van der Waals surface area contributed by atoms with Crippen LogP contribution in [-0.2, 0) is 14.3 Å². The molecule has 1 amide bonds. The Bertz CT molecular complexity index is 586. The molecule has 0 N–H and O–H groups in total. The fourth-order valence-electron chi connectivity index (χ4n) is 2.20. The smallest absolute Gasteiger partial charge is 0.314 e. The quantitative estimate of drug-likeness (QED) is 0.461. The number of carbonyl (C=O) groups is 2. The maximum Gasteiger partial charge on any atom is 0.314 e. The van der Waals surface area contributed by atoms with Crippen LogP contribution in [-0.4, -0.2) is 35.4 Å². The molecule has 2 rings (SSSR count). The lowest BCUT2D eigenvalue weighted by molar-refractivity contribution is -0.384. The molecule has 20 heavy (non-hydrogen) atoms. The summed E-state index contributed by atoms with van der Waals surface area (Å²) in [7, 11) is 1.24. The molecule has 0 aromatic carbocycles. The Kier molecular flexibility index (Phi) is 3.64. The van der Waals surface area contributed by atoms with Gasteiger partial charge < -0.3 is 4.74 Å². The molecule has 0 saturated carbocycles. The highest BCUT2D eigenvalue weighted by Crippen LogP contribution is 2.33. The van der Waals surface area contributed by atoms with Gasteiger partial charge in [-0.3, -0.25) is 24.6 Å². The number of esters is 1. The number of carbonyl (C=O) groups excluding carboxylic acids is 2. The zero-order valence-corrected chi connectivity index (χ0v) is 11.0. The molecule has 0 aliphatic carbocycles. The van der Waals surface area contributed by atoms with E-state index in [1.807, 2.05) is 0 Å². The molecule has 1 atom stereocenters. The van der Waals surface area contributed by atoms with Crippen LogP contribution in [0.3, 0.4) is 0 Å². The van der Waals surface area contributed by atoms with Gasteiger partial charge in [-0.1, -0.05) is 0 Å². The maximum absolute atomic E-state index is 11.9. The van der Waals surface area contributed by atoms with Crippen LogP contribution in [0.15, 0.2) is 12.3 Å². The minimum Gasteiger partial charge on any atom is -0.469 e. The summed E-state index contributed by atoms with van der Waals surface area (Å²) in [6, 6.07) is 1.50. The maximum atomic E-state index is 11.9. The fourth-order valence-corrected chi connectivity index (χ4v) is 2.20. The summed E-state index contributed by atoms with van der Waals surface area (Å²) in [5.41, 5.74) is 0.195. The van der Waals surface area contributed by atoms with Gasteiger partial charge in [0.15, 0.2) is 0 Å². The van der Waals surface area contributed by atoms with Crippen molar-refractivity contribution < 1.29 is 19.2 Å². The number of aryl methyl sites for hydroxylation is 1. The number of hydrogen-bond acceptors (Lipinski definition) is 6. The van der Waals surface area contributed by atoms with E-state index in [-0.39, 0.29) is 30.4 Å². The lowest BCUT2D eigenvalue weighted by Crippen LogP contribution is -2.28. The third-order valence-corrected chi connectivity index (χ3v) is 3.20. The number of nitro groups is 1. The molecule has 0 spiro atoms. The van der Waals surface area contributed by atoms with Crippen LogP contribution in [0.1, 0.15) is 12.0 Å². The molecule has 2 heterocycles. The third kappa shape index (κ3) is 2.31. The molecule has 8 heteroatoms. The van der Waals surface area contributed by atoms with E-state index in [1.54, 1.807) is 6.92 Å². The zero-order chi connectivity index (χ0) is 14.9. The number of methoxy groups -OCH3 is 1. The van der Waals surface area contributed by atoms with Gasteiger partial charge in [0.25, 0.3) is 0 Å². The number of rotatable bonds is 3. The number of nitrogens with zero attached hydrogens (tertiary/aromatic N) is 3. The first-order valence-electron chi connectivity index (χ1n) is 5.94. The average molecular weight is 279 g/mol. The van der Waals surface area contributed by atoms with Crippen LogP contribution in [0, 0.1) is 23.0 Å². The topological polar surface area (TPSA) is 103 Å². The molecule has 1 aliphatic heterocycles. The lowest BCUT2D eigenvalue weighted by atomic mass is 10.1. The molecular formula is C12H13N3O5. The third-order valence-electron chi connectivity index (χ3n) is 3.20. The van der Waals surface area contributed by atoms with Gasteiger partial charge in [0.1, 0.15) is 0 Å². The highest BCUT2D eigenvalue weighted by molar-refractivity contribution is 6.00. The second-order valence-corrected chi connectivity index (χ2v) is 4.49. The van der Waals surface area contributed by atoms with Crippen molar-refractivity contribution in [2.75, 3.05) is 18.6 Å². The van der Waals surface area contributed by atoms with Crippen molar-refractivity contribution >= 4 is 23.4 Å². The van der Waals surface area contributed by atoms with Gasteiger partial charge in [-0.25, -0.2) is 4.98 Å². The highest BCUT2D eigenvalue weighted by atomic mass is 16.6. The predicted octanol–water partition coefficient (Wildman–Crippen LogP) is 0.824. The summed E-state index contributed by atoms with van der Waals surface area (Å²) in [6.45, 7) is 1.62. The second kappa shape index (κ2) is 5.24. The van der Waals surface area contributed by atoms with Crippen LogP contribution >= 0.6 is 0 Å². The molecule has 8 nitrogen and oxygen atoms in total. The van der Waals surface area contributed by atoms with Crippen LogP contribution in [0.2, 0.25) is 0 Å². The Balaban J connectivity index is 2.38. The van der Waals surface area contributed by atoms with Crippen LogP contribution in [0.25, 0.3) is 0 Å². The summed E-state index contributed by atoms with van der Waals surface area (Å²) >= 11 is 0. The minimum atomic E-state index is -0.616. The van der Waals surface area contributed by atoms with Crippen molar-refractivity contribution in [2.24, 2.45) is 5.92 Å². The molecule has 1 unspecified atom stereocenters. The predicted molar refractivity (Wildman–Crippen MR) is 68.1 cm³/mol. The monoisotopic (exact) mass is 279 g/mol. The molecule has 0 bridgehead atoms. The Labute approximate surface area is 114 Å². The number of hydrogen-bond donors (Lipinski definition) is 0. The van der Waals surface area contributed by atoms with Crippen molar-refractivity contribution in [3.8, 4) is 0 Å².